The van der Waals surface area contributed by atoms with E-state index in [1.807, 2.05) is 12.4 Å². The van der Waals surface area contributed by atoms with Crippen molar-refractivity contribution in [2.45, 2.75) is 25.8 Å². The van der Waals surface area contributed by atoms with Crippen LogP contribution in [-0.4, -0.2) is 24.7 Å². The Bertz CT molecular complexity index is 296. The molecule has 1 atom stereocenters. The molecule has 1 N–H and O–H groups in total. The van der Waals surface area contributed by atoms with Gasteiger partial charge in [-0.05, 0) is 43.0 Å². The molecule has 0 bridgehead atoms. The molecule has 1 saturated heterocycles. The topological polar surface area (TPSA) is 34.2 Å². The predicted octanol–water partition coefficient (Wildman–Crippen LogP) is 2.16. The van der Waals surface area contributed by atoms with Crippen molar-refractivity contribution in [3.63, 3.8) is 0 Å². The highest BCUT2D eigenvalue weighted by atomic mass is 16.5. The Morgan fingerprint density at radius 2 is 2.06 bits per heavy atom. The first kappa shape index (κ1) is 11.6. The van der Waals surface area contributed by atoms with Crippen LogP contribution >= 0.6 is 0 Å². The lowest BCUT2D eigenvalue weighted by Crippen LogP contribution is -2.32. The summed E-state index contributed by atoms with van der Waals surface area (Å²) < 4.78 is 5.42. The third-order valence-electron chi connectivity index (χ3n) is 3.23. The number of rotatable bonds is 4. The van der Waals surface area contributed by atoms with Crippen LogP contribution in [0.4, 0.5) is 0 Å². The van der Waals surface area contributed by atoms with Gasteiger partial charge >= 0.3 is 0 Å². The van der Waals surface area contributed by atoms with Gasteiger partial charge in [0.2, 0.25) is 0 Å². The maximum atomic E-state index is 5.42. The lowest BCUT2D eigenvalue weighted by molar-refractivity contribution is 0.0538. The number of hydrogen-bond donors (Lipinski definition) is 1. The molecule has 2 rings (SSSR count). The van der Waals surface area contributed by atoms with Crippen molar-refractivity contribution in [3.8, 4) is 0 Å². The fourth-order valence-electron chi connectivity index (χ4n) is 2.40. The van der Waals surface area contributed by atoms with Crippen LogP contribution in [0.3, 0.4) is 0 Å². The molecule has 1 aromatic rings. The summed E-state index contributed by atoms with van der Waals surface area (Å²) in [6, 6.07) is 4.68. The van der Waals surface area contributed by atoms with Crippen molar-refractivity contribution in [1.82, 2.24) is 10.3 Å². The molecule has 0 amide bonds. The number of hydrogen-bond acceptors (Lipinski definition) is 3. The number of pyridine rings is 1. The molecule has 3 heteroatoms. The minimum absolute atomic E-state index is 0.455. The zero-order valence-corrected chi connectivity index (χ0v) is 9.86. The Labute approximate surface area is 97.2 Å². The Morgan fingerprint density at radius 3 is 2.69 bits per heavy atom. The van der Waals surface area contributed by atoms with Gasteiger partial charge in [-0.2, -0.15) is 0 Å². The SMILES string of the molecule is CCNC(c1ccncc1)C1CCOCC1. The van der Waals surface area contributed by atoms with Gasteiger partial charge in [-0.3, -0.25) is 4.98 Å². The van der Waals surface area contributed by atoms with Crippen molar-refractivity contribution in [3.05, 3.63) is 30.1 Å². The molecule has 1 aliphatic rings. The minimum atomic E-state index is 0.455. The van der Waals surface area contributed by atoms with E-state index in [4.69, 9.17) is 4.74 Å². The van der Waals surface area contributed by atoms with Gasteiger partial charge in [0.05, 0.1) is 0 Å². The second-order valence-electron chi connectivity index (χ2n) is 4.27. The van der Waals surface area contributed by atoms with Crippen molar-refractivity contribution in [1.29, 1.82) is 0 Å². The highest BCUT2D eigenvalue weighted by Gasteiger charge is 2.24. The van der Waals surface area contributed by atoms with E-state index in [1.165, 1.54) is 5.56 Å². The summed E-state index contributed by atoms with van der Waals surface area (Å²) >= 11 is 0. The van der Waals surface area contributed by atoms with Crippen LogP contribution in [0.1, 0.15) is 31.4 Å². The molecular formula is C13H20N2O. The highest BCUT2D eigenvalue weighted by Crippen LogP contribution is 2.29. The Morgan fingerprint density at radius 1 is 1.38 bits per heavy atom. The van der Waals surface area contributed by atoms with Crippen molar-refractivity contribution >= 4 is 0 Å². The van der Waals surface area contributed by atoms with Gasteiger partial charge < -0.3 is 10.1 Å². The summed E-state index contributed by atoms with van der Waals surface area (Å²) in [4.78, 5) is 4.08. The van der Waals surface area contributed by atoms with Crippen LogP contribution in [0.15, 0.2) is 24.5 Å². The zero-order chi connectivity index (χ0) is 11.2. The molecule has 0 radical (unpaired) electrons. The van der Waals surface area contributed by atoms with Gasteiger partial charge in [0.25, 0.3) is 0 Å². The fourth-order valence-corrected chi connectivity index (χ4v) is 2.40. The molecule has 1 fully saturated rings. The lowest BCUT2D eigenvalue weighted by atomic mass is 9.87. The normalized spacial score (nSPS) is 19.6. The summed E-state index contributed by atoms with van der Waals surface area (Å²) in [6.45, 7) is 4.97. The third kappa shape index (κ3) is 2.80. The molecule has 1 aromatic heterocycles. The van der Waals surface area contributed by atoms with Gasteiger partial charge in [0.1, 0.15) is 0 Å². The molecule has 2 heterocycles. The number of aromatic nitrogens is 1. The van der Waals surface area contributed by atoms with Crippen LogP contribution in [0.5, 0.6) is 0 Å². The summed E-state index contributed by atoms with van der Waals surface area (Å²) in [5.74, 6) is 0.691. The first-order chi connectivity index (χ1) is 7.92. The Balaban J connectivity index is 2.09. The second-order valence-corrected chi connectivity index (χ2v) is 4.27. The molecule has 0 aromatic carbocycles. The van der Waals surface area contributed by atoms with E-state index in [0.29, 0.717) is 12.0 Å². The van der Waals surface area contributed by atoms with Gasteiger partial charge in [-0.1, -0.05) is 6.92 Å². The lowest BCUT2D eigenvalue weighted by Gasteiger charge is -2.31. The Kier molecular flexibility index (Phi) is 4.31. The van der Waals surface area contributed by atoms with E-state index < -0.39 is 0 Å². The molecule has 0 spiro atoms. The van der Waals surface area contributed by atoms with E-state index in [2.05, 4.69) is 29.4 Å². The summed E-state index contributed by atoms with van der Waals surface area (Å²) in [6.07, 6.45) is 6.05. The summed E-state index contributed by atoms with van der Waals surface area (Å²) in [5, 5.41) is 3.59. The summed E-state index contributed by atoms with van der Waals surface area (Å²) in [5.41, 5.74) is 1.35. The van der Waals surface area contributed by atoms with Crippen LogP contribution in [0.2, 0.25) is 0 Å². The van der Waals surface area contributed by atoms with Gasteiger partial charge in [0, 0.05) is 31.6 Å². The van der Waals surface area contributed by atoms with Crippen LogP contribution in [0, 0.1) is 5.92 Å². The largest absolute Gasteiger partial charge is 0.381 e. The number of ether oxygens (including phenoxy) is 1. The molecule has 0 aliphatic carbocycles. The molecule has 16 heavy (non-hydrogen) atoms. The molecule has 1 aliphatic heterocycles. The average molecular weight is 220 g/mol. The predicted molar refractivity (Wildman–Crippen MR) is 64.2 cm³/mol. The second kappa shape index (κ2) is 5.97. The van der Waals surface area contributed by atoms with Gasteiger partial charge in [-0.25, -0.2) is 0 Å². The minimum Gasteiger partial charge on any atom is -0.381 e. The third-order valence-corrected chi connectivity index (χ3v) is 3.23. The maximum Gasteiger partial charge on any atom is 0.0469 e. The van der Waals surface area contributed by atoms with E-state index in [1.54, 1.807) is 0 Å². The van der Waals surface area contributed by atoms with Gasteiger partial charge in [0.15, 0.2) is 0 Å². The van der Waals surface area contributed by atoms with Gasteiger partial charge in [-0.15, -0.1) is 0 Å². The maximum absolute atomic E-state index is 5.42. The molecular weight excluding hydrogens is 200 g/mol. The smallest absolute Gasteiger partial charge is 0.0469 e. The zero-order valence-electron chi connectivity index (χ0n) is 9.86. The summed E-state index contributed by atoms with van der Waals surface area (Å²) in [7, 11) is 0. The van der Waals surface area contributed by atoms with Crippen LogP contribution in [0.25, 0.3) is 0 Å². The average Bonchev–Trinajstić information content (AvgIpc) is 2.38. The van der Waals surface area contributed by atoms with Crippen LogP contribution in [-0.2, 0) is 4.74 Å². The molecule has 3 nitrogen and oxygen atoms in total. The molecule has 88 valence electrons. The molecule has 1 unspecified atom stereocenters. The van der Waals surface area contributed by atoms with Crippen LogP contribution < -0.4 is 5.32 Å². The van der Waals surface area contributed by atoms with Crippen molar-refractivity contribution < 1.29 is 4.74 Å². The first-order valence-electron chi connectivity index (χ1n) is 6.13. The van der Waals surface area contributed by atoms with E-state index in [-0.39, 0.29) is 0 Å². The first-order valence-corrected chi connectivity index (χ1v) is 6.13. The standard InChI is InChI=1S/C13H20N2O/c1-2-15-13(11-3-7-14-8-4-11)12-5-9-16-10-6-12/h3-4,7-8,12-13,15H,2,5-6,9-10H2,1H3. The van der Waals surface area contributed by atoms with E-state index in [0.717, 1.165) is 32.6 Å². The van der Waals surface area contributed by atoms with Crippen molar-refractivity contribution in [2.75, 3.05) is 19.8 Å². The number of nitrogens with one attached hydrogen (secondary N) is 1. The number of nitrogens with zero attached hydrogens (tertiary/aromatic N) is 1. The van der Waals surface area contributed by atoms with E-state index >= 15 is 0 Å². The molecule has 0 saturated carbocycles. The Hall–Kier alpha value is -0.930. The van der Waals surface area contributed by atoms with Crippen molar-refractivity contribution in [2.24, 2.45) is 5.92 Å². The highest BCUT2D eigenvalue weighted by molar-refractivity contribution is 5.16. The fraction of sp³-hybridized carbons (Fsp3) is 0.615. The van der Waals surface area contributed by atoms with E-state index in [9.17, 15) is 0 Å². The monoisotopic (exact) mass is 220 g/mol. The quantitative estimate of drug-likeness (QED) is 0.844.